The molecule has 19 heavy (non-hydrogen) atoms. The Hall–Kier alpha value is -1.77. The van der Waals surface area contributed by atoms with Crippen LogP contribution < -0.4 is 5.73 Å². The number of rotatable bonds is 4. The molecule has 0 aromatic heterocycles. The lowest BCUT2D eigenvalue weighted by Crippen LogP contribution is -2.30. The largest absolute Gasteiger partial charge is 0.403 e. The van der Waals surface area contributed by atoms with E-state index < -0.39 is 0 Å². The van der Waals surface area contributed by atoms with Crippen molar-refractivity contribution in [3.63, 3.8) is 0 Å². The lowest BCUT2D eigenvalue weighted by Gasteiger charge is -2.25. The molecule has 2 rings (SSSR count). The van der Waals surface area contributed by atoms with Crippen molar-refractivity contribution >= 4 is 5.91 Å². The third-order valence-electron chi connectivity index (χ3n) is 3.66. The number of amides is 1. The van der Waals surface area contributed by atoms with Crippen molar-refractivity contribution in [2.75, 3.05) is 6.54 Å². The van der Waals surface area contributed by atoms with Crippen LogP contribution in [-0.2, 0) is 4.79 Å². The molecule has 1 atom stereocenters. The minimum Gasteiger partial charge on any atom is -0.403 e. The summed E-state index contributed by atoms with van der Waals surface area (Å²) >= 11 is 0. The zero-order valence-corrected chi connectivity index (χ0v) is 11.6. The molecular weight excluding hydrogens is 236 g/mol. The van der Waals surface area contributed by atoms with E-state index in [4.69, 9.17) is 5.73 Å². The van der Waals surface area contributed by atoms with Crippen LogP contribution in [0, 0.1) is 6.92 Å². The van der Waals surface area contributed by atoms with Crippen LogP contribution in [0.5, 0.6) is 0 Å². The molecule has 1 aromatic carbocycles. The van der Waals surface area contributed by atoms with Crippen molar-refractivity contribution in [2.24, 2.45) is 5.73 Å². The monoisotopic (exact) mass is 258 g/mol. The Kier molecular flexibility index (Phi) is 4.25. The Morgan fingerprint density at radius 2 is 2.26 bits per heavy atom. The van der Waals surface area contributed by atoms with Gasteiger partial charge in [0, 0.05) is 18.7 Å². The van der Waals surface area contributed by atoms with Crippen molar-refractivity contribution in [1.82, 2.24) is 4.90 Å². The molecule has 0 saturated carbocycles. The number of likely N-dealkylation sites (tertiary alicyclic amines) is 1. The smallest absolute Gasteiger partial charge is 0.223 e. The summed E-state index contributed by atoms with van der Waals surface area (Å²) in [5, 5.41) is 0. The van der Waals surface area contributed by atoms with Crippen LogP contribution in [-0.4, -0.2) is 17.4 Å². The second kappa shape index (κ2) is 5.91. The molecule has 1 amide bonds. The summed E-state index contributed by atoms with van der Waals surface area (Å²) < 4.78 is 0. The van der Waals surface area contributed by atoms with Crippen molar-refractivity contribution in [3.05, 3.63) is 47.7 Å². The van der Waals surface area contributed by atoms with E-state index >= 15 is 0 Å². The number of carbonyl (C=O) groups is 1. The van der Waals surface area contributed by atoms with Gasteiger partial charge in [0.2, 0.25) is 5.91 Å². The lowest BCUT2D eigenvalue weighted by molar-refractivity contribution is -0.132. The van der Waals surface area contributed by atoms with E-state index in [0.717, 1.165) is 19.4 Å². The summed E-state index contributed by atoms with van der Waals surface area (Å²) in [5.41, 5.74) is 8.61. The van der Waals surface area contributed by atoms with E-state index in [9.17, 15) is 4.79 Å². The van der Waals surface area contributed by atoms with E-state index in [0.29, 0.717) is 18.5 Å². The van der Waals surface area contributed by atoms with Gasteiger partial charge in [0.1, 0.15) is 0 Å². The molecule has 0 radical (unpaired) electrons. The summed E-state index contributed by atoms with van der Waals surface area (Å²) in [6, 6.07) is 8.68. The first-order valence-corrected chi connectivity index (χ1v) is 6.87. The maximum atomic E-state index is 12.2. The molecule has 1 aliphatic heterocycles. The molecule has 1 aromatic rings. The first-order valence-electron chi connectivity index (χ1n) is 6.87. The molecule has 1 saturated heterocycles. The fourth-order valence-electron chi connectivity index (χ4n) is 2.70. The van der Waals surface area contributed by atoms with Gasteiger partial charge in [-0.15, -0.1) is 0 Å². The number of allylic oxidation sites excluding steroid dienone is 1. The van der Waals surface area contributed by atoms with Gasteiger partial charge in [-0.05, 0) is 31.7 Å². The van der Waals surface area contributed by atoms with Crippen molar-refractivity contribution in [3.8, 4) is 0 Å². The second-order valence-electron chi connectivity index (χ2n) is 5.32. The minimum atomic E-state index is 0.190. The normalized spacial score (nSPS) is 18.6. The molecule has 102 valence electrons. The first-order chi connectivity index (χ1) is 9.08. The molecule has 1 heterocycles. The van der Waals surface area contributed by atoms with Gasteiger partial charge in [0.25, 0.3) is 0 Å². The maximum Gasteiger partial charge on any atom is 0.223 e. The average molecular weight is 258 g/mol. The standard InChI is InChI=1S/C16H22N2O/c1-12-5-3-6-14(11-12)15-7-4-10-18(15)16(19)9-8-13(2)17/h3,5-6,11,15H,2,4,7-10,17H2,1H3. The van der Waals surface area contributed by atoms with Gasteiger partial charge < -0.3 is 10.6 Å². The first kappa shape index (κ1) is 13.7. The second-order valence-corrected chi connectivity index (χ2v) is 5.32. The number of benzene rings is 1. The van der Waals surface area contributed by atoms with Crippen LogP contribution in [0.4, 0.5) is 0 Å². The van der Waals surface area contributed by atoms with Crippen molar-refractivity contribution in [1.29, 1.82) is 0 Å². The van der Waals surface area contributed by atoms with E-state index in [-0.39, 0.29) is 11.9 Å². The van der Waals surface area contributed by atoms with Gasteiger partial charge in [0.15, 0.2) is 0 Å². The number of nitrogens with two attached hydrogens (primary N) is 1. The van der Waals surface area contributed by atoms with E-state index in [1.54, 1.807) is 0 Å². The van der Waals surface area contributed by atoms with Crippen LogP contribution in [0.1, 0.15) is 42.9 Å². The molecule has 2 N–H and O–H groups in total. The number of hydrogen-bond donors (Lipinski definition) is 1. The fraction of sp³-hybridized carbons (Fsp3) is 0.438. The van der Waals surface area contributed by atoms with Crippen LogP contribution in [0.2, 0.25) is 0 Å². The van der Waals surface area contributed by atoms with Crippen LogP contribution in [0.15, 0.2) is 36.5 Å². The van der Waals surface area contributed by atoms with Crippen molar-refractivity contribution in [2.45, 2.75) is 38.6 Å². The number of carbonyl (C=O) groups excluding carboxylic acids is 1. The third-order valence-corrected chi connectivity index (χ3v) is 3.66. The van der Waals surface area contributed by atoms with Gasteiger partial charge in [-0.1, -0.05) is 36.4 Å². The van der Waals surface area contributed by atoms with E-state index in [1.165, 1.54) is 11.1 Å². The van der Waals surface area contributed by atoms with E-state index in [2.05, 4.69) is 37.8 Å². The SMILES string of the molecule is C=C(N)CCC(=O)N1CCCC1c1cccc(C)c1. The molecule has 1 fully saturated rings. The van der Waals surface area contributed by atoms with Gasteiger partial charge in [0.05, 0.1) is 6.04 Å². The van der Waals surface area contributed by atoms with Gasteiger partial charge in [-0.25, -0.2) is 0 Å². The van der Waals surface area contributed by atoms with E-state index in [1.807, 2.05) is 4.90 Å². The topological polar surface area (TPSA) is 46.3 Å². The summed E-state index contributed by atoms with van der Waals surface area (Å²) in [7, 11) is 0. The maximum absolute atomic E-state index is 12.2. The van der Waals surface area contributed by atoms with Gasteiger partial charge >= 0.3 is 0 Å². The molecule has 3 nitrogen and oxygen atoms in total. The van der Waals surface area contributed by atoms with Crippen molar-refractivity contribution < 1.29 is 4.79 Å². The highest BCUT2D eigenvalue weighted by Gasteiger charge is 2.29. The highest BCUT2D eigenvalue weighted by molar-refractivity contribution is 5.77. The predicted octanol–water partition coefficient (Wildman–Crippen LogP) is 2.91. The lowest BCUT2D eigenvalue weighted by atomic mass is 10.0. The van der Waals surface area contributed by atoms with Crippen LogP contribution in [0.3, 0.4) is 0 Å². The minimum absolute atomic E-state index is 0.190. The Morgan fingerprint density at radius 1 is 1.47 bits per heavy atom. The highest BCUT2D eigenvalue weighted by Crippen LogP contribution is 2.32. The summed E-state index contributed by atoms with van der Waals surface area (Å²) in [6.45, 7) is 6.59. The molecular formula is C16H22N2O. The Labute approximate surface area is 115 Å². The number of nitrogens with zero attached hydrogens (tertiary/aromatic N) is 1. The van der Waals surface area contributed by atoms with Crippen LogP contribution in [0.25, 0.3) is 0 Å². The molecule has 3 heteroatoms. The van der Waals surface area contributed by atoms with Gasteiger partial charge in [-0.2, -0.15) is 0 Å². The Morgan fingerprint density at radius 3 is 2.95 bits per heavy atom. The molecule has 0 spiro atoms. The average Bonchev–Trinajstić information content (AvgIpc) is 2.85. The summed E-state index contributed by atoms with van der Waals surface area (Å²) in [6.07, 6.45) is 3.18. The van der Waals surface area contributed by atoms with Crippen LogP contribution >= 0.6 is 0 Å². The van der Waals surface area contributed by atoms with Gasteiger partial charge in [-0.3, -0.25) is 4.79 Å². The zero-order valence-electron chi connectivity index (χ0n) is 11.6. The number of aryl methyl sites for hydroxylation is 1. The Bertz CT molecular complexity index is 481. The highest BCUT2D eigenvalue weighted by atomic mass is 16.2. The molecule has 1 aliphatic rings. The number of hydrogen-bond acceptors (Lipinski definition) is 2. The molecule has 1 unspecified atom stereocenters. The summed E-state index contributed by atoms with van der Waals surface area (Å²) in [5.74, 6) is 0.190. The molecule has 0 bridgehead atoms. The predicted molar refractivity (Wildman–Crippen MR) is 77.4 cm³/mol. The Balaban J connectivity index is 2.08. The quantitative estimate of drug-likeness (QED) is 0.902. The fourth-order valence-corrected chi connectivity index (χ4v) is 2.70. The zero-order chi connectivity index (χ0) is 13.8. The molecule has 0 aliphatic carbocycles. The third kappa shape index (κ3) is 3.37. The summed E-state index contributed by atoms with van der Waals surface area (Å²) in [4.78, 5) is 14.2.